The summed E-state index contributed by atoms with van der Waals surface area (Å²) < 4.78 is 10.3. The quantitative estimate of drug-likeness (QED) is 0.699. The molecule has 0 saturated heterocycles. The molecule has 0 spiro atoms. The average Bonchev–Trinajstić information content (AvgIpc) is 2.30. The Bertz CT molecular complexity index is 457. The maximum absolute atomic E-state index is 5.17. The normalized spacial score (nSPS) is 10.5. The molecule has 0 aliphatic carbocycles. The van der Waals surface area contributed by atoms with E-state index in [4.69, 9.17) is 9.31 Å². The van der Waals surface area contributed by atoms with Gasteiger partial charge in [-0.25, -0.2) is 0 Å². The van der Waals surface area contributed by atoms with Crippen LogP contribution in [0.2, 0.25) is 0 Å². The Morgan fingerprint density at radius 1 is 1.13 bits per heavy atom. The fraction of sp³-hybridized carbons (Fsp3) is 0.182. The van der Waals surface area contributed by atoms with Crippen molar-refractivity contribution in [1.29, 1.82) is 0 Å². The van der Waals surface area contributed by atoms with Crippen LogP contribution in [0.25, 0.3) is 10.9 Å². The van der Waals surface area contributed by atoms with Gasteiger partial charge in [-0.05, 0) is 11.5 Å². The minimum atomic E-state index is -0.345. The van der Waals surface area contributed by atoms with Crippen LogP contribution in [0.1, 0.15) is 0 Å². The Morgan fingerprint density at radius 2 is 1.87 bits per heavy atom. The molecule has 0 saturated carbocycles. The van der Waals surface area contributed by atoms with Gasteiger partial charge in [0, 0.05) is 25.9 Å². The largest absolute Gasteiger partial charge is 0.495 e. The van der Waals surface area contributed by atoms with Gasteiger partial charge in [-0.2, -0.15) is 0 Å². The minimum Gasteiger partial charge on any atom is -0.410 e. The number of hydrogen-bond acceptors (Lipinski definition) is 3. The van der Waals surface area contributed by atoms with Crippen molar-refractivity contribution in [2.75, 3.05) is 14.2 Å². The highest BCUT2D eigenvalue weighted by Crippen LogP contribution is 2.08. The standard InChI is InChI=1S/C11H12BNO2/c1-14-12(15-2)10-7-9-5-3-4-6-11(9)13-8-10/h3-8H,1-2H3. The molecule has 0 bridgehead atoms. The van der Waals surface area contributed by atoms with Gasteiger partial charge in [0.05, 0.1) is 5.52 Å². The fourth-order valence-corrected chi connectivity index (χ4v) is 1.59. The number of aromatic nitrogens is 1. The molecule has 15 heavy (non-hydrogen) atoms. The summed E-state index contributed by atoms with van der Waals surface area (Å²) in [5.74, 6) is 0. The summed E-state index contributed by atoms with van der Waals surface area (Å²) in [4.78, 5) is 4.34. The van der Waals surface area contributed by atoms with E-state index in [1.807, 2.05) is 30.3 Å². The number of pyridine rings is 1. The first kappa shape index (κ1) is 10.1. The number of hydrogen-bond donors (Lipinski definition) is 0. The SMILES string of the molecule is COB(OC)c1cnc2ccccc2c1. The zero-order valence-corrected chi connectivity index (χ0v) is 8.81. The first-order chi connectivity index (χ1) is 7.35. The lowest BCUT2D eigenvalue weighted by atomic mass is 9.80. The number of fused-ring (bicyclic) bond motifs is 1. The third kappa shape index (κ3) is 2.01. The summed E-state index contributed by atoms with van der Waals surface area (Å²) in [7, 11) is 2.88. The predicted molar refractivity (Wildman–Crippen MR) is 61.1 cm³/mol. The molecule has 0 fully saturated rings. The molecular formula is C11H12BNO2. The number of para-hydroxylation sites is 1. The van der Waals surface area contributed by atoms with E-state index >= 15 is 0 Å². The van der Waals surface area contributed by atoms with Crippen molar-refractivity contribution in [3.8, 4) is 0 Å². The van der Waals surface area contributed by atoms with Gasteiger partial charge in [-0.1, -0.05) is 24.3 Å². The van der Waals surface area contributed by atoms with Gasteiger partial charge in [0.15, 0.2) is 0 Å². The molecule has 0 amide bonds. The van der Waals surface area contributed by atoms with Gasteiger partial charge in [-0.3, -0.25) is 4.98 Å². The summed E-state index contributed by atoms with van der Waals surface area (Å²) in [6, 6.07) is 9.99. The molecule has 2 rings (SSSR count). The second-order valence-corrected chi connectivity index (χ2v) is 3.26. The summed E-state index contributed by atoms with van der Waals surface area (Å²) in [5, 5.41) is 1.09. The van der Waals surface area contributed by atoms with E-state index in [0.717, 1.165) is 16.4 Å². The van der Waals surface area contributed by atoms with Crippen LogP contribution in [0.3, 0.4) is 0 Å². The molecule has 2 aromatic rings. The minimum absolute atomic E-state index is 0.345. The molecule has 0 aliphatic heterocycles. The molecule has 0 unspecified atom stereocenters. The van der Waals surface area contributed by atoms with Crippen molar-refractivity contribution in [1.82, 2.24) is 4.98 Å². The average molecular weight is 201 g/mol. The van der Waals surface area contributed by atoms with E-state index in [0.29, 0.717) is 0 Å². The molecule has 4 heteroatoms. The van der Waals surface area contributed by atoms with Crippen molar-refractivity contribution < 1.29 is 9.31 Å². The van der Waals surface area contributed by atoms with Crippen LogP contribution >= 0.6 is 0 Å². The van der Waals surface area contributed by atoms with E-state index < -0.39 is 0 Å². The second-order valence-electron chi connectivity index (χ2n) is 3.26. The Labute approximate surface area is 89.2 Å². The number of rotatable bonds is 3. The van der Waals surface area contributed by atoms with Crippen molar-refractivity contribution in [2.24, 2.45) is 0 Å². The molecule has 1 heterocycles. The highest BCUT2D eigenvalue weighted by Gasteiger charge is 2.18. The van der Waals surface area contributed by atoms with Gasteiger partial charge in [0.2, 0.25) is 0 Å². The first-order valence-electron chi connectivity index (χ1n) is 4.75. The number of benzene rings is 1. The predicted octanol–water partition coefficient (Wildman–Crippen LogP) is 1.22. The van der Waals surface area contributed by atoms with E-state index in [1.165, 1.54) is 0 Å². The Kier molecular flexibility index (Phi) is 2.99. The number of nitrogens with zero attached hydrogens (tertiary/aromatic N) is 1. The van der Waals surface area contributed by atoms with E-state index in [9.17, 15) is 0 Å². The second kappa shape index (κ2) is 4.42. The third-order valence-corrected chi connectivity index (χ3v) is 2.31. The fourth-order valence-electron chi connectivity index (χ4n) is 1.59. The summed E-state index contributed by atoms with van der Waals surface area (Å²) in [6.45, 7) is 0. The lowest BCUT2D eigenvalue weighted by molar-refractivity contribution is 0.292. The van der Waals surface area contributed by atoms with Crippen molar-refractivity contribution in [3.05, 3.63) is 36.5 Å². The van der Waals surface area contributed by atoms with E-state index in [2.05, 4.69) is 4.98 Å². The smallest absolute Gasteiger partial charge is 0.410 e. The third-order valence-electron chi connectivity index (χ3n) is 2.31. The molecule has 3 nitrogen and oxygen atoms in total. The molecule has 0 N–H and O–H groups in total. The maximum Gasteiger partial charge on any atom is 0.495 e. The summed E-state index contributed by atoms with van der Waals surface area (Å²) in [5.41, 5.74) is 1.91. The van der Waals surface area contributed by atoms with Crippen LogP contribution in [0.4, 0.5) is 0 Å². The summed E-state index contributed by atoms with van der Waals surface area (Å²) >= 11 is 0. The van der Waals surface area contributed by atoms with Crippen LogP contribution in [-0.2, 0) is 9.31 Å². The monoisotopic (exact) mass is 201 g/mol. The van der Waals surface area contributed by atoms with Crippen LogP contribution in [0.15, 0.2) is 36.5 Å². The van der Waals surface area contributed by atoms with Gasteiger partial charge in [0.25, 0.3) is 0 Å². The highest BCUT2D eigenvalue weighted by molar-refractivity contribution is 6.61. The molecule has 0 aliphatic rings. The van der Waals surface area contributed by atoms with Crippen LogP contribution in [0.5, 0.6) is 0 Å². The summed E-state index contributed by atoms with van der Waals surface area (Å²) in [6.07, 6.45) is 1.78. The van der Waals surface area contributed by atoms with E-state index in [-0.39, 0.29) is 7.12 Å². The van der Waals surface area contributed by atoms with Crippen LogP contribution in [-0.4, -0.2) is 26.3 Å². The zero-order chi connectivity index (χ0) is 10.7. The van der Waals surface area contributed by atoms with Gasteiger partial charge in [0.1, 0.15) is 0 Å². The van der Waals surface area contributed by atoms with Gasteiger partial charge < -0.3 is 9.31 Å². The first-order valence-corrected chi connectivity index (χ1v) is 4.75. The van der Waals surface area contributed by atoms with Crippen molar-refractivity contribution in [3.63, 3.8) is 0 Å². The zero-order valence-electron chi connectivity index (χ0n) is 8.81. The topological polar surface area (TPSA) is 31.4 Å². The highest BCUT2D eigenvalue weighted by atomic mass is 16.6. The Balaban J connectivity index is 2.46. The molecule has 0 atom stereocenters. The lowest BCUT2D eigenvalue weighted by Gasteiger charge is -2.08. The van der Waals surface area contributed by atoms with Crippen LogP contribution in [0, 0.1) is 0 Å². The molecule has 1 aromatic heterocycles. The van der Waals surface area contributed by atoms with Gasteiger partial charge in [-0.15, -0.1) is 0 Å². The van der Waals surface area contributed by atoms with E-state index in [1.54, 1.807) is 20.4 Å². The van der Waals surface area contributed by atoms with Crippen LogP contribution < -0.4 is 5.46 Å². The Morgan fingerprint density at radius 3 is 2.60 bits per heavy atom. The lowest BCUT2D eigenvalue weighted by Crippen LogP contribution is -2.34. The molecule has 0 radical (unpaired) electrons. The molecule has 1 aromatic carbocycles. The molecule has 76 valence electrons. The van der Waals surface area contributed by atoms with Crippen molar-refractivity contribution >= 4 is 23.5 Å². The molecular weight excluding hydrogens is 189 g/mol. The Hall–Kier alpha value is -1.39. The maximum atomic E-state index is 5.17. The van der Waals surface area contributed by atoms with Crippen molar-refractivity contribution in [2.45, 2.75) is 0 Å². The van der Waals surface area contributed by atoms with Gasteiger partial charge >= 0.3 is 7.12 Å².